The Kier molecular flexibility index (Phi) is 4.06. The molecule has 0 aromatic rings. The quantitative estimate of drug-likeness (QED) is 0.447. The van der Waals surface area contributed by atoms with E-state index in [2.05, 4.69) is 4.72 Å². The van der Waals surface area contributed by atoms with Crippen molar-refractivity contribution in [3.63, 3.8) is 0 Å². The van der Waals surface area contributed by atoms with E-state index in [1.165, 1.54) is 4.31 Å². The first kappa shape index (κ1) is 12.4. The summed E-state index contributed by atoms with van der Waals surface area (Å²) in [4.78, 5) is 0. The van der Waals surface area contributed by atoms with Gasteiger partial charge in [-0.2, -0.15) is 17.4 Å². The van der Waals surface area contributed by atoms with Crippen LogP contribution in [0.2, 0.25) is 0 Å². The normalized spacial score (nSPS) is 20.3. The van der Waals surface area contributed by atoms with E-state index in [1.807, 2.05) is 0 Å². The van der Waals surface area contributed by atoms with Crippen molar-refractivity contribution in [2.45, 2.75) is 32.2 Å². The van der Waals surface area contributed by atoms with Gasteiger partial charge in [-0.25, -0.2) is 0 Å². The van der Waals surface area contributed by atoms with E-state index in [4.69, 9.17) is 11.1 Å². The molecule has 1 saturated heterocycles. The van der Waals surface area contributed by atoms with Gasteiger partial charge in [-0.15, -0.1) is 0 Å². The summed E-state index contributed by atoms with van der Waals surface area (Å²) in [6.45, 7) is 2.91. The number of hydrogen-bond acceptors (Lipinski definition) is 3. The monoisotopic (exact) mass is 234 g/mol. The first-order valence-corrected chi connectivity index (χ1v) is 6.52. The highest BCUT2D eigenvalue weighted by Gasteiger charge is 2.27. The van der Waals surface area contributed by atoms with Crippen LogP contribution in [-0.2, 0) is 10.2 Å². The molecule has 15 heavy (non-hydrogen) atoms. The molecule has 0 aromatic carbocycles. The molecule has 0 spiro atoms. The number of rotatable bonds is 5. The van der Waals surface area contributed by atoms with E-state index < -0.39 is 16.3 Å². The van der Waals surface area contributed by atoms with Crippen molar-refractivity contribution < 1.29 is 8.42 Å². The van der Waals surface area contributed by atoms with Crippen LogP contribution in [0.3, 0.4) is 0 Å². The predicted molar refractivity (Wildman–Crippen MR) is 58.9 cm³/mol. The van der Waals surface area contributed by atoms with E-state index in [9.17, 15) is 8.42 Å². The van der Waals surface area contributed by atoms with Crippen LogP contribution in [0, 0.1) is 5.41 Å². The summed E-state index contributed by atoms with van der Waals surface area (Å²) in [5.41, 5.74) is 5.29. The van der Waals surface area contributed by atoms with Crippen LogP contribution in [0.5, 0.6) is 0 Å². The van der Waals surface area contributed by atoms with Gasteiger partial charge in [0.2, 0.25) is 0 Å². The molecule has 0 aliphatic carbocycles. The molecule has 0 saturated carbocycles. The topological polar surface area (TPSA) is 99.3 Å². The summed E-state index contributed by atoms with van der Waals surface area (Å²) < 4.78 is 27.4. The standard InChI is InChI=1S/C8H18N4O2S/c1-2-7(8(9)10)11-15(13,14)12-5-3-4-6-12/h7,11H,2-6H2,1H3,(H3,9,10). The van der Waals surface area contributed by atoms with Crippen LogP contribution >= 0.6 is 0 Å². The van der Waals surface area contributed by atoms with E-state index >= 15 is 0 Å². The van der Waals surface area contributed by atoms with Gasteiger partial charge in [0.25, 0.3) is 10.2 Å². The Bertz CT molecular complexity index is 322. The van der Waals surface area contributed by atoms with Crippen molar-refractivity contribution in [1.82, 2.24) is 9.03 Å². The molecule has 1 aliphatic rings. The van der Waals surface area contributed by atoms with Gasteiger partial charge in [0.05, 0.1) is 6.04 Å². The van der Waals surface area contributed by atoms with Crippen molar-refractivity contribution in [2.75, 3.05) is 13.1 Å². The maximum absolute atomic E-state index is 11.8. The zero-order valence-corrected chi connectivity index (χ0v) is 9.68. The van der Waals surface area contributed by atoms with E-state index in [-0.39, 0.29) is 5.84 Å². The van der Waals surface area contributed by atoms with Crippen LogP contribution in [0.25, 0.3) is 0 Å². The van der Waals surface area contributed by atoms with Gasteiger partial charge >= 0.3 is 0 Å². The van der Waals surface area contributed by atoms with Crippen molar-refractivity contribution >= 4 is 16.0 Å². The molecule has 1 rings (SSSR count). The second-order valence-electron chi connectivity index (χ2n) is 3.65. The number of nitrogens with one attached hydrogen (secondary N) is 2. The molecule has 0 bridgehead atoms. The van der Waals surface area contributed by atoms with Crippen LogP contribution in [0.1, 0.15) is 26.2 Å². The second kappa shape index (κ2) is 4.91. The summed E-state index contributed by atoms with van der Waals surface area (Å²) in [5, 5.41) is 7.23. The third-order valence-electron chi connectivity index (χ3n) is 2.48. The van der Waals surface area contributed by atoms with Gasteiger partial charge < -0.3 is 5.73 Å². The number of amidine groups is 1. The fraction of sp³-hybridized carbons (Fsp3) is 0.875. The molecule has 1 aliphatic heterocycles. The van der Waals surface area contributed by atoms with E-state index in [1.54, 1.807) is 6.92 Å². The number of nitrogens with zero attached hydrogens (tertiary/aromatic N) is 1. The smallest absolute Gasteiger partial charge is 0.280 e. The fourth-order valence-corrected chi connectivity index (χ4v) is 3.09. The lowest BCUT2D eigenvalue weighted by molar-refractivity contribution is 0.460. The molecular weight excluding hydrogens is 216 g/mol. The van der Waals surface area contributed by atoms with Gasteiger partial charge in [-0.1, -0.05) is 6.92 Å². The van der Waals surface area contributed by atoms with Crippen molar-refractivity contribution in [1.29, 1.82) is 5.41 Å². The van der Waals surface area contributed by atoms with Gasteiger partial charge in [-0.05, 0) is 19.3 Å². The first-order chi connectivity index (χ1) is 6.97. The Labute approximate surface area is 90.5 Å². The van der Waals surface area contributed by atoms with Crippen LogP contribution in [-0.4, -0.2) is 37.7 Å². The average Bonchev–Trinajstić information content (AvgIpc) is 2.67. The molecule has 0 amide bonds. The maximum atomic E-state index is 11.8. The first-order valence-electron chi connectivity index (χ1n) is 5.08. The summed E-state index contributed by atoms with van der Waals surface area (Å²) >= 11 is 0. The van der Waals surface area contributed by atoms with Gasteiger partial charge in [0.1, 0.15) is 5.84 Å². The van der Waals surface area contributed by atoms with E-state index in [0.717, 1.165) is 12.8 Å². The van der Waals surface area contributed by atoms with Crippen LogP contribution < -0.4 is 10.5 Å². The largest absolute Gasteiger partial charge is 0.386 e. The highest BCUT2D eigenvalue weighted by Crippen LogP contribution is 2.11. The Morgan fingerprint density at radius 1 is 1.53 bits per heavy atom. The number of hydrogen-bond donors (Lipinski definition) is 3. The highest BCUT2D eigenvalue weighted by atomic mass is 32.2. The lowest BCUT2D eigenvalue weighted by Gasteiger charge is -2.20. The van der Waals surface area contributed by atoms with Crippen molar-refractivity contribution in [3.05, 3.63) is 0 Å². The van der Waals surface area contributed by atoms with Crippen molar-refractivity contribution in [3.8, 4) is 0 Å². The fourth-order valence-electron chi connectivity index (χ4n) is 1.55. The summed E-state index contributed by atoms with van der Waals surface area (Å²) in [7, 11) is -3.45. The number of nitrogens with two attached hydrogens (primary N) is 1. The average molecular weight is 234 g/mol. The van der Waals surface area contributed by atoms with Crippen LogP contribution in [0.15, 0.2) is 0 Å². The molecule has 0 radical (unpaired) electrons. The van der Waals surface area contributed by atoms with Crippen LogP contribution in [0.4, 0.5) is 0 Å². The third-order valence-corrected chi connectivity index (χ3v) is 4.11. The van der Waals surface area contributed by atoms with Gasteiger partial charge in [0.15, 0.2) is 0 Å². The molecule has 88 valence electrons. The molecule has 6 nitrogen and oxygen atoms in total. The zero-order chi connectivity index (χ0) is 11.5. The predicted octanol–water partition coefficient (Wildman–Crippen LogP) is -0.369. The Morgan fingerprint density at radius 3 is 2.47 bits per heavy atom. The molecule has 1 heterocycles. The maximum Gasteiger partial charge on any atom is 0.280 e. The molecule has 1 atom stereocenters. The SMILES string of the molecule is CCC(NS(=O)(=O)N1CCCC1)C(=N)N. The molecule has 7 heteroatoms. The second-order valence-corrected chi connectivity index (χ2v) is 5.35. The zero-order valence-electron chi connectivity index (χ0n) is 8.86. The van der Waals surface area contributed by atoms with Gasteiger partial charge in [0, 0.05) is 13.1 Å². The minimum atomic E-state index is -3.45. The minimum absolute atomic E-state index is 0.139. The highest BCUT2D eigenvalue weighted by molar-refractivity contribution is 7.87. The minimum Gasteiger partial charge on any atom is -0.386 e. The van der Waals surface area contributed by atoms with E-state index in [0.29, 0.717) is 19.5 Å². The Hall–Kier alpha value is -0.660. The molecule has 1 unspecified atom stereocenters. The van der Waals surface area contributed by atoms with Gasteiger partial charge in [-0.3, -0.25) is 5.41 Å². The Morgan fingerprint density at radius 2 is 2.07 bits per heavy atom. The lowest BCUT2D eigenvalue weighted by Crippen LogP contribution is -2.49. The summed E-state index contributed by atoms with van der Waals surface area (Å²) in [6.07, 6.45) is 2.29. The molecular formula is C8H18N4O2S. The molecule has 4 N–H and O–H groups in total. The lowest BCUT2D eigenvalue weighted by atomic mass is 10.2. The summed E-state index contributed by atoms with van der Waals surface area (Å²) in [5.74, 6) is -0.139. The van der Waals surface area contributed by atoms with Crippen molar-refractivity contribution in [2.24, 2.45) is 5.73 Å². The molecule has 0 aromatic heterocycles. The third kappa shape index (κ3) is 3.15. The Balaban J connectivity index is 2.65. The summed E-state index contributed by atoms with van der Waals surface area (Å²) in [6, 6.07) is -0.587. The molecule has 1 fully saturated rings.